The van der Waals surface area contributed by atoms with Crippen LogP contribution in [-0.2, 0) is 14.6 Å². The van der Waals surface area contributed by atoms with Crippen molar-refractivity contribution in [3.8, 4) is 0 Å². The number of carbonyl (C=O) groups excluding carboxylic acids is 1. The molecule has 7 heteroatoms. The van der Waals surface area contributed by atoms with E-state index in [1.165, 1.54) is 0 Å². The summed E-state index contributed by atoms with van der Waals surface area (Å²) in [6, 6.07) is -0.308. The summed E-state index contributed by atoms with van der Waals surface area (Å²) in [6.07, 6.45) is 3.28. The summed E-state index contributed by atoms with van der Waals surface area (Å²) < 4.78 is 27.3. The Morgan fingerprint density at radius 2 is 2.00 bits per heavy atom. The van der Waals surface area contributed by atoms with Gasteiger partial charge in [0.2, 0.25) is 0 Å². The molecule has 0 spiro atoms. The maximum Gasteiger partial charge on any atom is 0.407 e. The molecule has 0 unspecified atom stereocenters. The zero-order valence-corrected chi connectivity index (χ0v) is 11.2. The summed E-state index contributed by atoms with van der Waals surface area (Å²) in [7, 11) is -2.97. The van der Waals surface area contributed by atoms with Gasteiger partial charge in [0, 0.05) is 12.6 Å². The lowest BCUT2D eigenvalue weighted by molar-refractivity contribution is 0.140. The van der Waals surface area contributed by atoms with E-state index in [0.29, 0.717) is 13.0 Å². The van der Waals surface area contributed by atoms with Crippen molar-refractivity contribution in [2.75, 3.05) is 24.7 Å². The van der Waals surface area contributed by atoms with Gasteiger partial charge in [0.25, 0.3) is 0 Å². The maximum atomic E-state index is 11.3. The molecule has 1 fully saturated rings. The first-order valence-corrected chi connectivity index (χ1v) is 8.10. The van der Waals surface area contributed by atoms with Gasteiger partial charge in [0.1, 0.15) is 0 Å². The Morgan fingerprint density at radius 1 is 1.28 bits per heavy atom. The molecule has 1 saturated heterocycles. The Labute approximate surface area is 108 Å². The first kappa shape index (κ1) is 15.2. The fourth-order valence-corrected chi connectivity index (χ4v) is 3.52. The lowest BCUT2D eigenvalue weighted by Gasteiger charge is -2.11. The van der Waals surface area contributed by atoms with E-state index in [9.17, 15) is 13.2 Å². The van der Waals surface area contributed by atoms with Gasteiger partial charge in [-0.25, -0.2) is 13.2 Å². The predicted molar refractivity (Wildman–Crippen MR) is 67.1 cm³/mol. The highest BCUT2D eigenvalue weighted by Gasteiger charge is 2.29. The van der Waals surface area contributed by atoms with Gasteiger partial charge >= 0.3 is 6.09 Å². The van der Waals surface area contributed by atoms with Crippen molar-refractivity contribution in [2.45, 2.75) is 38.1 Å². The van der Waals surface area contributed by atoms with Crippen molar-refractivity contribution >= 4 is 15.9 Å². The second-order valence-electron chi connectivity index (χ2n) is 4.52. The molecule has 0 aromatic rings. The third kappa shape index (κ3) is 6.20. The van der Waals surface area contributed by atoms with Crippen LogP contribution in [0.4, 0.5) is 4.79 Å². The average Bonchev–Trinajstić information content (AvgIpc) is 2.63. The molecule has 0 radical (unpaired) electrons. The molecule has 1 amide bonds. The summed E-state index contributed by atoms with van der Waals surface area (Å²) in [6.45, 7) is 0.522. The van der Waals surface area contributed by atoms with E-state index in [-0.39, 0.29) is 24.2 Å². The molecule has 1 rings (SSSR count). The smallest absolute Gasteiger partial charge is 0.407 e. The first-order chi connectivity index (χ1) is 8.53. The van der Waals surface area contributed by atoms with E-state index in [1.54, 1.807) is 0 Å². The van der Waals surface area contributed by atoms with E-state index in [1.807, 2.05) is 0 Å². The van der Waals surface area contributed by atoms with Crippen LogP contribution in [0, 0.1) is 0 Å². The van der Waals surface area contributed by atoms with Crippen LogP contribution in [0.5, 0.6) is 0 Å². The van der Waals surface area contributed by atoms with Crippen LogP contribution in [0.1, 0.15) is 32.1 Å². The van der Waals surface area contributed by atoms with Gasteiger partial charge < -0.3 is 15.2 Å². The molecule has 0 aliphatic carbocycles. The average molecular weight is 279 g/mol. The Kier molecular flexibility index (Phi) is 6.42. The van der Waals surface area contributed by atoms with Crippen LogP contribution in [0.3, 0.4) is 0 Å². The number of alkyl carbamates (subject to hydrolysis) is 1. The van der Waals surface area contributed by atoms with Crippen molar-refractivity contribution in [3.63, 3.8) is 0 Å². The molecular weight excluding hydrogens is 258 g/mol. The first-order valence-electron chi connectivity index (χ1n) is 6.28. The summed E-state index contributed by atoms with van der Waals surface area (Å²) in [5.74, 6) is 0.151. The largest absolute Gasteiger partial charge is 0.450 e. The Hall–Kier alpha value is -0.820. The zero-order chi connectivity index (χ0) is 13.4. The normalized spacial score (nSPS) is 21.7. The fraction of sp³-hybridized carbons (Fsp3) is 0.909. The number of rotatable bonds is 7. The topological polar surface area (TPSA) is 92.7 Å². The molecule has 0 bridgehead atoms. The van der Waals surface area contributed by atoms with Crippen molar-refractivity contribution in [1.82, 2.24) is 5.32 Å². The number of aliphatic hydroxyl groups excluding tert-OH is 1. The predicted octanol–water partition coefficient (Wildman–Crippen LogP) is 0.452. The van der Waals surface area contributed by atoms with Gasteiger partial charge in [-0.1, -0.05) is 6.42 Å². The molecule has 1 aliphatic heterocycles. The van der Waals surface area contributed by atoms with Crippen LogP contribution < -0.4 is 5.32 Å². The molecule has 1 aliphatic rings. The van der Waals surface area contributed by atoms with E-state index in [0.717, 1.165) is 25.7 Å². The Balaban J connectivity index is 2.04. The third-order valence-corrected chi connectivity index (χ3v) is 4.61. The Bertz CT molecular complexity index is 354. The van der Waals surface area contributed by atoms with Crippen molar-refractivity contribution in [3.05, 3.63) is 0 Å². The number of carbonyl (C=O) groups is 1. The minimum atomic E-state index is -2.97. The number of hydrogen-bond acceptors (Lipinski definition) is 5. The number of hydrogen-bond donors (Lipinski definition) is 2. The lowest BCUT2D eigenvalue weighted by Crippen LogP contribution is -2.36. The summed E-state index contributed by atoms with van der Waals surface area (Å²) in [4.78, 5) is 11.3. The van der Waals surface area contributed by atoms with E-state index in [4.69, 9.17) is 9.84 Å². The molecule has 2 N–H and O–H groups in total. The minimum absolute atomic E-state index is 0.0125. The van der Waals surface area contributed by atoms with Gasteiger partial charge in [-0.3, -0.25) is 0 Å². The van der Waals surface area contributed by atoms with Crippen LogP contribution in [0.2, 0.25) is 0 Å². The summed E-state index contributed by atoms with van der Waals surface area (Å²) >= 11 is 0. The van der Waals surface area contributed by atoms with Crippen LogP contribution >= 0.6 is 0 Å². The highest BCUT2D eigenvalue weighted by molar-refractivity contribution is 7.91. The van der Waals surface area contributed by atoms with Gasteiger partial charge in [-0.15, -0.1) is 0 Å². The monoisotopic (exact) mass is 279 g/mol. The Morgan fingerprint density at radius 3 is 2.61 bits per heavy atom. The van der Waals surface area contributed by atoms with Crippen LogP contribution in [0.25, 0.3) is 0 Å². The van der Waals surface area contributed by atoms with E-state index >= 15 is 0 Å². The number of aliphatic hydroxyl groups is 1. The number of amides is 1. The standard InChI is InChI=1S/C11H21NO5S/c13-6-3-1-2-4-7-17-11(14)12-10-5-8-18(15,16)9-10/h10,13H,1-9H2,(H,12,14)/t10-/m1/s1. The molecule has 1 heterocycles. The molecule has 106 valence electrons. The highest BCUT2D eigenvalue weighted by Crippen LogP contribution is 2.11. The minimum Gasteiger partial charge on any atom is -0.450 e. The summed E-state index contributed by atoms with van der Waals surface area (Å²) in [5.41, 5.74) is 0. The summed E-state index contributed by atoms with van der Waals surface area (Å²) in [5, 5.41) is 11.1. The van der Waals surface area contributed by atoms with E-state index in [2.05, 4.69) is 5.32 Å². The van der Waals surface area contributed by atoms with Gasteiger partial charge in [0.15, 0.2) is 9.84 Å². The van der Waals surface area contributed by atoms with Crippen molar-refractivity contribution < 1.29 is 23.1 Å². The maximum absolute atomic E-state index is 11.3. The number of ether oxygens (including phenoxy) is 1. The van der Waals surface area contributed by atoms with Gasteiger partial charge in [-0.05, 0) is 25.7 Å². The molecule has 0 saturated carbocycles. The van der Waals surface area contributed by atoms with Crippen molar-refractivity contribution in [1.29, 1.82) is 0 Å². The number of nitrogens with one attached hydrogen (secondary N) is 1. The quantitative estimate of drug-likeness (QED) is 0.660. The van der Waals surface area contributed by atoms with Crippen LogP contribution in [-0.4, -0.2) is 50.4 Å². The van der Waals surface area contributed by atoms with Crippen LogP contribution in [0.15, 0.2) is 0 Å². The zero-order valence-electron chi connectivity index (χ0n) is 10.4. The lowest BCUT2D eigenvalue weighted by atomic mass is 10.2. The molecule has 0 aromatic carbocycles. The molecule has 6 nitrogen and oxygen atoms in total. The molecule has 0 aromatic heterocycles. The fourth-order valence-electron chi connectivity index (χ4n) is 1.85. The third-order valence-electron chi connectivity index (χ3n) is 2.84. The molecule has 18 heavy (non-hydrogen) atoms. The number of sulfone groups is 1. The van der Waals surface area contributed by atoms with Gasteiger partial charge in [0.05, 0.1) is 18.1 Å². The molecular formula is C11H21NO5S. The molecule has 1 atom stereocenters. The SMILES string of the molecule is O=C(N[C@@H]1CCS(=O)(=O)C1)OCCCCCCO. The number of unbranched alkanes of at least 4 members (excludes halogenated alkanes) is 3. The second-order valence-corrected chi connectivity index (χ2v) is 6.75. The highest BCUT2D eigenvalue weighted by atomic mass is 32.2. The second kappa shape index (κ2) is 7.58. The van der Waals surface area contributed by atoms with Gasteiger partial charge in [-0.2, -0.15) is 0 Å². The van der Waals surface area contributed by atoms with E-state index < -0.39 is 15.9 Å². The van der Waals surface area contributed by atoms with Crippen molar-refractivity contribution in [2.24, 2.45) is 0 Å².